The maximum atomic E-state index is 12.3. The van der Waals surface area contributed by atoms with Crippen molar-refractivity contribution < 1.29 is 9.59 Å². The fourth-order valence-electron chi connectivity index (χ4n) is 2.55. The number of benzene rings is 2. The number of carbonyl (C=O) groups excluding carboxylic acids is 2. The van der Waals surface area contributed by atoms with Gasteiger partial charge in [0.25, 0.3) is 5.91 Å². The van der Waals surface area contributed by atoms with Crippen molar-refractivity contribution in [1.29, 1.82) is 0 Å². The molecule has 5 heteroatoms. The van der Waals surface area contributed by atoms with E-state index in [1.54, 1.807) is 29.2 Å². The van der Waals surface area contributed by atoms with Crippen molar-refractivity contribution in [1.82, 2.24) is 5.32 Å². The van der Waals surface area contributed by atoms with Crippen molar-refractivity contribution in [3.05, 3.63) is 64.7 Å². The van der Waals surface area contributed by atoms with Crippen LogP contribution >= 0.6 is 11.6 Å². The van der Waals surface area contributed by atoms with E-state index in [1.807, 2.05) is 24.3 Å². The van der Waals surface area contributed by atoms with Gasteiger partial charge in [0, 0.05) is 22.8 Å². The molecule has 112 valence electrons. The fourth-order valence-corrected chi connectivity index (χ4v) is 2.68. The molecule has 2 amide bonds. The highest BCUT2D eigenvalue weighted by atomic mass is 35.5. The van der Waals surface area contributed by atoms with E-state index >= 15 is 0 Å². The van der Waals surface area contributed by atoms with E-state index in [9.17, 15) is 9.59 Å². The van der Waals surface area contributed by atoms with E-state index in [1.165, 1.54) is 5.56 Å². The summed E-state index contributed by atoms with van der Waals surface area (Å²) in [5, 5.41) is 3.22. The maximum Gasteiger partial charge on any atom is 0.251 e. The Morgan fingerprint density at radius 3 is 2.59 bits per heavy atom. The molecular formula is C17H15ClN2O2. The van der Waals surface area contributed by atoms with E-state index in [0.717, 1.165) is 12.1 Å². The van der Waals surface area contributed by atoms with E-state index in [-0.39, 0.29) is 18.4 Å². The number of rotatable bonds is 3. The second kappa shape index (κ2) is 6.20. The number of nitrogens with one attached hydrogen (secondary N) is 1. The van der Waals surface area contributed by atoms with E-state index < -0.39 is 0 Å². The van der Waals surface area contributed by atoms with Gasteiger partial charge >= 0.3 is 0 Å². The first-order chi connectivity index (χ1) is 10.6. The van der Waals surface area contributed by atoms with Gasteiger partial charge in [0.2, 0.25) is 5.91 Å². The van der Waals surface area contributed by atoms with Crippen LogP contribution in [0.3, 0.4) is 0 Å². The van der Waals surface area contributed by atoms with Crippen molar-refractivity contribution in [3.8, 4) is 0 Å². The van der Waals surface area contributed by atoms with Gasteiger partial charge in [-0.05, 0) is 42.3 Å². The third-order valence-electron chi connectivity index (χ3n) is 3.69. The van der Waals surface area contributed by atoms with Crippen LogP contribution in [0.5, 0.6) is 0 Å². The van der Waals surface area contributed by atoms with Crippen LogP contribution in [0.25, 0.3) is 0 Å². The number of amides is 2. The van der Waals surface area contributed by atoms with Gasteiger partial charge in [-0.3, -0.25) is 9.59 Å². The van der Waals surface area contributed by atoms with Gasteiger partial charge in [0.1, 0.15) is 0 Å². The number of nitrogens with zero attached hydrogens (tertiary/aromatic N) is 1. The monoisotopic (exact) mass is 314 g/mol. The lowest BCUT2D eigenvalue weighted by Gasteiger charge is -2.17. The highest BCUT2D eigenvalue weighted by Gasteiger charge is 2.24. The van der Waals surface area contributed by atoms with Crippen LogP contribution < -0.4 is 10.2 Å². The van der Waals surface area contributed by atoms with Crippen molar-refractivity contribution in [2.24, 2.45) is 0 Å². The number of anilines is 1. The number of hydrogen-bond donors (Lipinski definition) is 1. The van der Waals surface area contributed by atoms with Crippen LogP contribution in [0, 0.1) is 0 Å². The zero-order valence-electron chi connectivity index (χ0n) is 11.9. The predicted molar refractivity (Wildman–Crippen MR) is 86.3 cm³/mol. The lowest BCUT2D eigenvalue weighted by atomic mass is 10.2. The van der Waals surface area contributed by atoms with Gasteiger partial charge in [-0.2, -0.15) is 0 Å². The minimum atomic E-state index is -0.280. The van der Waals surface area contributed by atoms with Crippen LogP contribution in [-0.2, 0) is 11.2 Å². The lowest BCUT2D eigenvalue weighted by molar-refractivity contribution is -0.117. The van der Waals surface area contributed by atoms with Gasteiger partial charge in [-0.15, -0.1) is 0 Å². The summed E-state index contributed by atoms with van der Waals surface area (Å²) >= 11 is 5.79. The SMILES string of the molecule is O=C(NCC(=O)N1CCc2ccccc21)c1ccc(Cl)cc1. The smallest absolute Gasteiger partial charge is 0.251 e. The molecule has 0 atom stereocenters. The van der Waals surface area contributed by atoms with Gasteiger partial charge in [0.05, 0.1) is 6.54 Å². The summed E-state index contributed by atoms with van der Waals surface area (Å²) in [6, 6.07) is 14.4. The van der Waals surface area contributed by atoms with Gasteiger partial charge in [-0.1, -0.05) is 29.8 Å². The first kappa shape index (κ1) is 14.6. The van der Waals surface area contributed by atoms with Crippen LogP contribution in [0.2, 0.25) is 5.02 Å². The largest absolute Gasteiger partial charge is 0.343 e. The van der Waals surface area contributed by atoms with Crippen molar-refractivity contribution in [2.45, 2.75) is 6.42 Å². The summed E-state index contributed by atoms with van der Waals surface area (Å²) < 4.78 is 0. The zero-order valence-corrected chi connectivity index (χ0v) is 12.6. The highest BCUT2D eigenvalue weighted by molar-refractivity contribution is 6.30. The Morgan fingerprint density at radius 1 is 1.09 bits per heavy atom. The molecular weight excluding hydrogens is 300 g/mol. The van der Waals surface area contributed by atoms with Crippen molar-refractivity contribution in [2.75, 3.05) is 18.0 Å². The predicted octanol–water partition coefficient (Wildman–Crippen LogP) is 2.66. The standard InChI is InChI=1S/C17H15ClN2O2/c18-14-7-5-13(6-8-14)17(22)19-11-16(21)20-10-9-12-3-1-2-4-15(12)20/h1-8H,9-11H2,(H,19,22). The molecule has 0 saturated heterocycles. The third-order valence-corrected chi connectivity index (χ3v) is 3.95. The second-order valence-corrected chi connectivity index (χ2v) is 5.55. The molecule has 0 aromatic heterocycles. The summed E-state index contributed by atoms with van der Waals surface area (Å²) in [6.45, 7) is 0.644. The number of para-hydroxylation sites is 1. The molecule has 4 nitrogen and oxygen atoms in total. The molecule has 0 fully saturated rings. The average molecular weight is 315 g/mol. The molecule has 1 aliphatic rings. The number of halogens is 1. The van der Waals surface area contributed by atoms with E-state index in [4.69, 9.17) is 11.6 Å². The Hall–Kier alpha value is -2.33. The second-order valence-electron chi connectivity index (χ2n) is 5.11. The molecule has 2 aromatic rings. The molecule has 0 bridgehead atoms. The molecule has 3 rings (SSSR count). The Labute approximate surface area is 133 Å². The fraction of sp³-hybridized carbons (Fsp3) is 0.176. The molecule has 1 aliphatic heterocycles. The molecule has 0 spiro atoms. The Balaban J connectivity index is 1.61. The normalized spacial score (nSPS) is 12.9. The minimum Gasteiger partial charge on any atom is -0.343 e. The van der Waals surface area contributed by atoms with Crippen LogP contribution in [-0.4, -0.2) is 24.9 Å². The summed E-state index contributed by atoms with van der Waals surface area (Å²) in [5.41, 5.74) is 2.59. The molecule has 1 heterocycles. The van der Waals surface area contributed by atoms with E-state index in [0.29, 0.717) is 17.1 Å². The molecule has 0 aliphatic carbocycles. The topological polar surface area (TPSA) is 49.4 Å². The first-order valence-electron chi connectivity index (χ1n) is 7.07. The minimum absolute atomic E-state index is 0.0181. The number of hydrogen-bond acceptors (Lipinski definition) is 2. The van der Waals surface area contributed by atoms with E-state index in [2.05, 4.69) is 5.32 Å². The Bertz CT molecular complexity index is 713. The van der Waals surface area contributed by atoms with Gasteiger partial charge in [-0.25, -0.2) is 0 Å². The molecule has 0 unspecified atom stereocenters. The van der Waals surface area contributed by atoms with Crippen LogP contribution in [0.15, 0.2) is 48.5 Å². The van der Waals surface area contributed by atoms with Crippen LogP contribution in [0.4, 0.5) is 5.69 Å². The summed E-state index contributed by atoms with van der Waals surface area (Å²) in [7, 11) is 0. The van der Waals surface area contributed by atoms with Gasteiger partial charge < -0.3 is 10.2 Å². The Morgan fingerprint density at radius 2 is 1.82 bits per heavy atom. The summed E-state index contributed by atoms with van der Waals surface area (Å²) in [6.07, 6.45) is 0.854. The molecule has 0 saturated carbocycles. The van der Waals surface area contributed by atoms with Crippen molar-refractivity contribution in [3.63, 3.8) is 0 Å². The first-order valence-corrected chi connectivity index (χ1v) is 7.45. The molecule has 0 radical (unpaired) electrons. The highest BCUT2D eigenvalue weighted by Crippen LogP contribution is 2.27. The Kier molecular flexibility index (Phi) is 4.11. The number of fused-ring (bicyclic) bond motifs is 1. The maximum absolute atomic E-state index is 12.3. The zero-order chi connectivity index (χ0) is 15.5. The number of carbonyl (C=O) groups is 2. The molecule has 2 aromatic carbocycles. The van der Waals surface area contributed by atoms with Crippen molar-refractivity contribution >= 4 is 29.1 Å². The molecule has 1 N–H and O–H groups in total. The quantitative estimate of drug-likeness (QED) is 0.947. The summed E-state index contributed by atoms with van der Waals surface area (Å²) in [5.74, 6) is -0.384. The van der Waals surface area contributed by atoms with Gasteiger partial charge in [0.15, 0.2) is 0 Å². The van der Waals surface area contributed by atoms with Crippen LogP contribution in [0.1, 0.15) is 15.9 Å². The molecule has 22 heavy (non-hydrogen) atoms. The average Bonchev–Trinajstić information content (AvgIpc) is 2.97. The lowest BCUT2D eigenvalue weighted by Crippen LogP contribution is -2.39. The third kappa shape index (κ3) is 2.97. The summed E-state index contributed by atoms with van der Waals surface area (Å²) in [4.78, 5) is 26.0.